The van der Waals surface area contributed by atoms with Gasteiger partial charge in [-0.3, -0.25) is 9.59 Å². The minimum Gasteiger partial charge on any atom is -0.497 e. The molecule has 6 heteroatoms. The minimum absolute atomic E-state index is 0.0386. The number of methoxy groups -OCH3 is 1. The van der Waals surface area contributed by atoms with E-state index in [0.29, 0.717) is 17.9 Å². The average Bonchev–Trinajstić information content (AvgIpc) is 2.67. The zero-order valence-corrected chi connectivity index (χ0v) is 15.3. The van der Waals surface area contributed by atoms with Gasteiger partial charge in [0.2, 0.25) is 0 Å². The molecule has 0 saturated carbocycles. The first kappa shape index (κ1) is 19.5. The summed E-state index contributed by atoms with van der Waals surface area (Å²) in [6.07, 6.45) is 0.761. The number of benzene rings is 2. The number of amides is 1. The molecule has 1 unspecified atom stereocenters. The van der Waals surface area contributed by atoms with Crippen molar-refractivity contribution in [2.75, 3.05) is 34.4 Å². The summed E-state index contributed by atoms with van der Waals surface area (Å²) in [5.41, 5.74) is 1.65. The number of carbonyl (C=O) groups is 2. The van der Waals surface area contributed by atoms with Gasteiger partial charge in [0.05, 0.1) is 13.2 Å². The van der Waals surface area contributed by atoms with Crippen molar-refractivity contribution in [1.82, 2.24) is 10.2 Å². The Hall–Kier alpha value is -2.86. The van der Waals surface area contributed by atoms with Crippen LogP contribution in [0.25, 0.3) is 0 Å². The molecule has 0 radical (unpaired) electrons. The Kier molecular flexibility index (Phi) is 7.17. The van der Waals surface area contributed by atoms with Crippen molar-refractivity contribution >= 4 is 12.2 Å². The summed E-state index contributed by atoms with van der Waals surface area (Å²) in [6, 6.07) is 14.4. The van der Waals surface area contributed by atoms with Crippen molar-refractivity contribution in [3.8, 4) is 11.5 Å². The fourth-order valence-corrected chi connectivity index (χ4v) is 2.48. The van der Waals surface area contributed by atoms with E-state index in [1.54, 1.807) is 31.4 Å². The third-order valence-electron chi connectivity index (χ3n) is 4.00. The molecule has 1 N–H and O–H groups in total. The number of nitrogens with one attached hydrogen (secondary N) is 1. The maximum absolute atomic E-state index is 12.1. The molecule has 0 aromatic heterocycles. The first-order valence-electron chi connectivity index (χ1n) is 8.28. The number of nitrogens with zero attached hydrogens (tertiary/aromatic N) is 1. The lowest BCUT2D eigenvalue weighted by Gasteiger charge is -2.25. The maximum atomic E-state index is 12.1. The highest BCUT2D eigenvalue weighted by Crippen LogP contribution is 2.20. The van der Waals surface area contributed by atoms with Crippen molar-refractivity contribution in [2.45, 2.75) is 6.04 Å². The van der Waals surface area contributed by atoms with Crippen LogP contribution in [-0.4, -0.2) is 51.5 Å². The predicted octanol–water partition coefficient (Wildman–Crippen LogP) is 2.31. The van der Waals surface area contributed by atoms with Crippen LogP contribution in [-0.2, 0) is 4.79 Å². The first-order valence-corrected chi connectivity index (χ1v) is 8.28. The van der Waals surface area contributed by atoms with Crippen molar-refractivity contribution in [1.29, 1.82) is 0 Å². The fraction of sp³-hybridized carbons (Fsp3) is 0.300. The van der Waals surface area contributed by atoms with Gasteiger partial charge in [-0.25, -0.2) is 0 Å². The molecule has 0 heterocycles. The Labute approximate surface area is 153 Å². The molecule has 0 fully saturated rings. The van der Waals surface area contributed by atoms with Gasteiger partial charge >= 0.3 is 0 Å². The van der Waals surface area contributed by atoms with Gasteiger partial charge in [-0.2, -0.15) is 0 Å². The van der Waals surface area contributed by atoms with E-state index < -0.39 is 0 Å². The van der Waals surface area contributed by atoms with Crippen molar-refractivity contribution in [3.63, 3.8) is 0 Å². The van der Waals surface area contributed by atoms with Crippen LogP contribution in [0.3, 0.4) is 0 Å². The topological polar surface area (TPSA) is 67.9 Å². The zero-order valence-electron chi connectivity index (χ0n) is 15.3. The van der Waals surface area contributed by atoms with Crippen molar-refractivity contribution in [2.24, 2.45) is 0 Å². The van der Waals surface area contributed by atoms with Crippen LogP contribution >= 0.6 is 0 Å². The summed E-state index contributed by atoms with van der Waals surface area (Å²) in [7, 11) is 5.56. The van der Waals surface area contributed by atoms with Crippen LogP contribution in [0.4, 0.5) is 0 Å². The molecular formula is C20H24N2O4. The summed E-state index contributed by atoms with van der Waals surface area (Å²) in [6.45, 7) is 0.384. The number of likely N-dealkylation sites (N-methyl/N-ethyl adjacent to an activating group) is 1. The fourth-order valence-electron chi connectivity index (χ4n) is 2.48. The molecule has 6 nitrogen and oxygen atoms in total. The van der Waals surface area contributed by atoms with Gasteiger partial charge in [0.1, 0.15) is 17.8 Å². The van der Waals surface area contributed by atoms with E-state index in [0.717, 1.165) is 17.6 Å². The van der Waals surface area contributed by atoms with Gasteiger partial charge in [0, 0.05) is 12.1 Å². The normalized spacial score (nSPS) is 11.7. The molecule has 0 spiro atoms. The molecule has 0 aliphatic carbocycles. The summed E-state index contributed by atoms with van der Waals surface area (Å²) in [5.74, 6) is 1.14. The third-order valence-corrected chi connectivity index (χ3v) is 4.00. The highest BCUT2D eigenvalue weighted by molar-refractivity contribution is 5.77. The van der Waals surface area contributed by atoms with Crippen molar-refractivity contribution < 1.29 is 19.1 Å². The highest BCUT2D eigenvalue weighted by atomic mass is 16.5. The minimum atomic E-state index is -0.204. The van der Waals surface area contributed by atoms with Crippen LogP contribution in [0.1, 0.15) is 22.0 Å². The van der Waals surface area contributed by atoms with Gasteiger partial charge in [-0.05, 0) is 56.1 Å². The molecule has 1 amide bonds. The molecule has 0 bridgehead atoms. The smallest absolute Gasteiger partial charge is 0.258 e. The Morgan fingerprint density at radius 2 is 1.69 bits per heavy atom. The largest absolute Gasteiger partial charge is 0.497 e. The van der Waals surface area contributed by atoms with Gasteiger partial charge in [-0.15, -0.1) is 0 Å². The number of hydrogen-bond acceptors (Lipinski definition) is 5. The maximum Gasteiger partial charge on any atom is 0.258 e. The number of rotatable bonds is 9. The summed E-state index contributed by atoms with van der Waals surface area (Å²) >= 11 is 0. The van der Waals surface area contributed by atoms with Gasteiger partial charge < -0.3 is 19.7 Å². The number of aldehydes is 1. The third kappa shape index (κ3) is 5.60. The number of hydrogen-bond donors (Lipinski definition) is 1. The van der Waals surface area contributed by atoms with Crippen LogP contribution < -0.4 is 14.8 Å². The lowest BCUT2D eigenvalue weighted by atomic mass is 10.1. The Balaban J connectivity index is 1.86. The first-order chi connectivity index (χ1) is 12.5. The second kappa shape index (κ2) is 9.58. The average molecular weight is 356 g/mol. The molecular weight excluding hydrogens is 332 g/mol. The molecule has 2 rings (SSSR count). The summed E-state index contributed by atoms with van der Waals surface area (Å²) in [4.78, 5) is 24.7. The quantitative estimate of drug-likeness (QED) is 0.699. The van der Waals surface area contributed by atoms with Crippen LogP contribution in [0.2, 0.25) is 0 Å². The molecule has 2 aromatic carbocycles. The molecule has 1 atom stereocenters. The van der Waals surface area contributed by atoms with E-state index in [1.165, 1.54) is 0 Å². The van der Waals surface area contributed by atoms with E-state index in [4.69, 9.17) is 9.47 Å². The zero-order chi connectivity index (χ0) is 18.9. The molecule has 0 saturated heterocycles. The lowest BCUT2D eigenvalue weighted by Crippen LogP contribution is -2.36. The predicted molar refractivity (Wildman–Crippen MR) is 99.8 cm³/mol. The van der Waals surface area contributed by atoms with Crippen molar-refractivity contribution in [3.05, 3.63) is 59.7 Å². The molecule has 2 aromatic rings. The highest BCUT2D eigenvalue weighted by Gasteiger charge is 2.15. The van der Waals surface area contributed by atoms with E-state index >= 15 is 0 Å². The Morgan fingerprint density at radius 1 is 1.08 bits per heavy atom. The van der Waals surface area contributed by atoms with Gasteiger partial charge in [0.25, 0.3) is 5.91 Å². The lowest BCUT2D eigenvalue weighted by molar-refractivity contribution is -0.123. The van der Waals surface area contributed by atoms with E-state index in [9.17, 15) is 9.59 Å². The molecule has 138 valence electrons. The summed E-state index contributed by atoms with van der Waals surface area (Å²) < 4.78 is 10.6. The Morgan fingerprint density at radius 3 is 2.23 bits per heavy atom. The SMILES string of the molecule is COc1ccc(C(CNC(=O)COc2ccc(C=O)cc2)N(C)C)cc1. The number of ether oxygens (including phenoxy) is 2. The second-order valence-electron chi connectivity index (χ2n) is 6.03. The molecule has 26 heavy (non-hydrogen) atoms. The van der Waals surface area contributed by atoms with E-state index in [-0.39, 0.29) is 18.6 Å². The van der Waals surface area contributed by atoms with Crippen LogP contribution in [0.5, 0.6) is 11.5 Å². The standard InChI is InChI=1S/C20H24N2O4/c1-22(2)19(16-6-10-17(25-3)11-7-16)12-21-20(24)14-26-18-8-4-15(13-23)5-9-18/h4-11,13,19H,12,14H2,1-3H3,(H,21,24). The van der Waals surface area contributed by atoms with Gasteiger partial charge in [0.15, 0.2) is 6.61 Å². The van der Waals surface area contributed by atoms with Crippen LogP contribution in [0.15, 0.2) is 48.5 Å². The molecule has 0 aliphatic rings. The number of carbonyl (C=O) groups excluding carboxylic acids is 2. The monoisotopic (exact) mass is 356 g/mol. The Bertz CT molecular complexity index is 712. The van der Waals surface area contributed by atoms with Crippen LogP contribution in [0, 0.1) is 0 Å². The van der Waals surface area contributed by atoms with Gasteiger partial charge in [-0.1, -0.05) is 12.1 Å². The van der Waals surface area contributed by atoms with E-state index in [1.807, 2.05) is 43.3 Å². The molecule has 0 aliphatic heterocycles. The second-order valence-corrected chi connectivity index (χ2v) is 6.03. The summed E-state index contributed by atoms with van der Waals surface area (Å²) in [5, 5.41) is 2.89. The van der Waals surface area contributed by atoms with E-state index in [2.05, 4.69) is 5.32 Å².